The van der Waals surface area contributed by atoms with Crippen molar-refractivity contribution in [1.82, 2.24) is 4.90 Å². The Labute approximate surface area is 126 Å². The Kier molecular flexibility index (Phi) is 4.53. The zero-order valence-corrected chi connectivity index (χ0v) is 12.3. The van der Waals surface area contributed by atoms with Crippen molar-refractivity contribution >= 4 is 5.69 Å². The molecule has 2 aromatic carbocycles. The second-order valence-corrected chi connectivity index (χ2v) is 5.57. The molecule has 3 heteroatoms. The van der Waals surface area contributed by atoms with Crippen LogP contribution in [0.15, 0.2) is 54.6 Å². The lowest BCUT2D eigenvalue weighted by Gasteiger charge is -2.36. The summed E-state index contributed by atoms with van der Waals surface area (Å²) in [7, 11) is 0. The molecule has 1 aliphatic heterocycles. The molecule has 1 N–H and O–H groups in total. The molecule has 0 atom stereocenters. The van der Waals surface area contributed by atoms with Gasteiger partial charge < -0.3 is 10.0 Å². The summed E-state index contributed by atoms with van der Waals surface area (Å²) in [5.74, 6) is 0. The van der Waals surface area contributed by atoms with E-state index < -0.39 is 0 Å². The van der Waals surface area contributed by atoms with E-state index in [4.69, 9.17) is 5.11 Å². The third-order valence-electron chi connectivity index (χ3n) is 4.11. The Morgan fingerprint density at radius 2 is 1.43 bits per heavy atom. The summed E-state index contributed by atoms with van der Waals surface area (Å²) in [4.78, 5) is 4.93. The summed E-state index contributed by atoms with van der Waals surface area (Å²) in [6, 6.07) is 18.9. The van der Waals surface area contributed by atoms with Gasteiger partial charge in [-0.15, -0.1) is 0 Å². The van der Waals surface area contributed by atoms with Crippen LogP contribution in [0.2, 0.25) is 0 Å². The molecule has 0 spiro atoms. The minimum Gasteiger partial charge on any atom is -0.392 e. The van der Waals surface area contributed by atoms with Crippen molar-refractivity contribution in [3.8, 4) is 0 Å². The highest BCUT2D eigenvalue weighted by Crippen LogP contribution is 2.18. The molecule has 0 unspecified atom stereocenters. The molecule has 0 saturated carbocycles. The lowest BCUT2D eigenvalue weighted by Crippen LogP contribution is -2.45. The van der Waals surface area contributed by atoms with Gasteiger partial charge in [-0.1, -0.05) is 42.5 Å². The molecule has 2 aromatic rings. The summed E-state index contributed by atoms with van der Waals surface area (Å²) in [5, 5.41) is 9.09. The summed E-state index contributed by atoms with van der Waals surface area (Å²) >= 11 is 0. The van der Waals surface area contributed by atoms with Gasteiger partial charge in [-0.05, 0) is 23.3 Å². The highest BCUT2D eigenvalue weighted by molar-refractivity contribution is 5.48. The van der Waals surface area contributed by atoms with E-state index in [0.717, 1.165) is 38.3 Å². The molecular weight excluding hydrogens is 260 g/mol. The molecule has 0 aromatic heterocycles. The first-order chi connectivity index (χ1) is 10.3. The zero-order valence-electron chi connectivity index (χ0n) is 12.3. The fraction of sp³-hybridized carbons (Fsp3) is 0.333. The standard InChI is InChI=1S/C18H22N2O/c21-15-17-6-8-18(9-7-17)20-12-10-19(11-13-20)14-16-4-2-1-3-5-16/h1-9,21H,10-15H2. The van der Waals surface area contributed by atoms with E-state index >= 15 is 0 Å². The Bertz CT molecular complexity index is 545. The third-order valence-corrected chi connectivity index (χ3v) is 4.11. The molecule has 1 aliphatic rings. The van der Waals surface area contributed by atoms with Crippen LogP contribution in [-0.2, 0) is 13.2 Å². The molecule has 0 amide bonds. The van der Waals surface area contributed by atoms with Gasteiger partial charge in [-0.2, -0.15) is 0 Å². The van der Waals surface area contributed by atoms with Crippen molar-refractivity contribution in [2.75, 3.05) is 31.1 Å². The van der Waals surface area contributed by atoms with Gasteiger partial charge in [0.05, 0.1) is 6.61 Å². The van der Waals surface area contributed by atoms with E-state index in [9.17, 15) is 0 Å². The van der Waals surface area contributed by atoms with Gasteiger partial charge in [-0.25, -0.2) is 0 Å². The van der Waals surface area contributed by atoms with Crippen molar-refractivity contribution in [2.24, 2.45) is 0 Å². The predicted octanol–water partition coefficient (Wildman–Crippen LogP) is 2.50. The lowest BCUT2D eigenvalue weighted by atomic mass is 10.1. The van der Waals surface area contributed by atoms with E-state index in [-0.39, 0.29) is 6.61 Å². The van der Waals surface area contributed by atoms with Gasteiger partial charge in [0.1, 0.15) is 0 Å². The highest BCUT2D eigenvalue weighted by atomic mass is 16.3. The minimum atomic E-state index is 0.116. The molecule has 110 valence electrons. The molecule has 1 saturated heterocycles. The maximum atomic E-state index is 9.09. The number of hydrogen-bond acceptors (Lipinski definition) is 3. The first-order valence-corrected chi connectivity index (χ1v) is 7.56. The zero-order chi connectivity index (χ0) is 14.5. The van der Waals surface area contributed by atoms with Gasteiger partial charge in [0.15, 0.2) is 0 Å². The number of aliphatic hydroxyl groups excluding tert-OH is 1. The van der Waals surface area contributed by atoms with Crippen molar-refractivity contribution < 1.29 is 5.11 Å². The van der Waals surface area contributed by atoms with Crippen LogP contribution < -0.4 is 4.90 Å². The molecule has 1 heterocycles. The van der Waals surface area contributed by atoms with E-state index in [0.29, 0.717) is 0 Å². The van der Waals surface area contributed by atoms with E-state index in [1.807, 2.05) is 12.1 Å². The molecule has 0 bridgehead atoms. The summed E-state index contributed by atoms with van der Waals surface area (Å²) < 4.78 is 0. The average molecular weight is 282 g/mol. The molecule has 1 fully saturated rings. The van der Waals surface area contributed by atoms with E-state index in [1.54, 1.807) is 0 Å². The fourth-order valence-corrected chi connectivity index (χ4v) is 2.82. The molecule has 3 rings (SSSR count). The third kappa shape index (κ3) is 3.63. The van der Waals surface area contributed by atoms with Crippen LogP contribution in [0.1, 0.15) is 11.1 Å². The Morgan fingerprint density at radius 1 is 0.762 bits per heavy atom. The molecule has 21 heavy (non-hydrogen) atoms. The number of anilines is 1. The second kappa shape index (κ2) is 6.74. The van der Waals surface area contributed by atoms with Gasteiger partial charge in [-0.3, -0.25) is 4.90 Å². The van der Waals surface area contributed by atoms with Crippen molar-refractivity contribution in [3.05, 3.63) is 65.7 Å². The number of nitrogens with zero attached hydrogens (tertiary/aromatic N) is 2. The van der Waals surface area contributed by atoms with Gasteiger partial charge in [0.25, 0.3) is 0 Å². The van der Waals surface area contributed by atoms with Crippen LogP contribution in [0.4, 0.5) is 5.69 Å². The number of hydrogen-bond donors (Lipinski definition) is 1. The van der Waals surface area contributed by atoms with Crippen molar-refractivity contribution in [2.45, 2.75) is 13.2 Å². The van der Waals surface area contributed by atoms with Crippen LogP contribution in [-0.4, -0.2) is 36.2 Å². The quantitative estimate of drug-likeness (QED) is 0.933. The number of piperazine rings is 1. The topological polar surface area (TPSA) is 26.7 Å². The summed E-state index contributed by atoms with van der Waals surface area (Å²) in [6.45, 7) is 5.47. The second-order valence-electron chi connectivity index (χ2n) is 5.57. The maximum absolute atomic E-state index is 9.09. The SMILES string of the molecule is OCc1ccc(N2CCN(Cc3ccccc3)CC2)cc1. The van der Waals surface area contributed by atoms with Crippen LogP contribution in [0.25, 0.3) is 0 Å². The summed E-state index contributed by atoms with van der Waals surface area (Å²) in [5.41, 5.74) is 3.62. The van der Waals surface area contributed by atoms with Crippen molar-refractivity contribution in [1.29, 1.82) is 0 Å². The van der Waals surface area contributed by atoms with E-state index in [1.165, 1.54) is 11.3 Å². The molecule has 0 aliphatic carbocycles. The van der Waals surface area contributed by atoms with Crippen LogP contribution in [0, 0.1) is 0 Å². The normalized spacial score (nSPS) is 16.1. The van der Waals surface area contributed by atoms with Gasteiger partial charge in [0.2, 0.25) is 0 Å². The number of aliphatic hydroxyl groups is 1. The van der Waals surface area contributed by atoms with Crippen LogP contribution in [0.3, 0.4) is 0 Å². The van der Waals surface area contributed by atoms with E-state index in [2.05, 4.69) is 52.3 Å². The monoisotopic (exact) mass is 282 g/mol. The number of rotatable bonds is 4. The fourth-order valence-electron chi connectivity index (χ4n) is 2.82. The largest absolute Gasteiger partial charge is 0.392 e. The molecular formula is C18H22N2O. The molecule has 0 radical (unpaired) electrons. The maximum Gasteiger partial charge on any atom is 0.0681 e. The smallest absolute Gasteiger partial charge is 0.0681 e. The summed E-state index contributed by atoms with van der Waals surface area (Å²) in [6.07, 6.45) is 0. The Balaban J connectivity index is 1.54. The average Bonchev–Trinajstić information content (AvgIpc) is 2.57. The van der Waals surface area contributed by atoms with Gasteiger partial charge >= 0.3 is 0 Å². The predicted molar refractivity (Wildman–Crippen MR) is 86.3 cm³/mol. The Morgan fingerprint density at radius 3 is 2.05 bits per heavy atom. The Hall–Kier alpha value is -1.84. The number of benzene rings is 2. The lowest BCUT2D eigenvalue weighted by molar-refractivity contribution is 0.250. The minimum absolute atomic E-state index is 0.116. The molecule has 3 nitrogen and oxygen atoms in total. The van der Waals surface area contributed by atoms with Gasteiger partial charge in [0, 0.05) is 38.4 Å². The first kappa shape index (κ1) is 14.1. The van der Waals surface area contributed by atoms with Crippen LogP contribution in [0.5, 0.6) is 0 Å². The first-order valence-electron chi connectivity index (χ1n) is 7.56. The van der Waals surface area contributed by atoms with Crippen LogP contribution >= 0.6 is 0 Å². The van der Waals surface area contributed by atoms with Crippen molar-refractivity contribution in [3.63, 3.8) is 0 Å². The highest BCUT2D eigenvalue weighted by Gasteiger charge is 2.17.